The van der Waals surface area contributed by atoms with Gasteiger partial charge in [-0.1, -0.05) is 17.7 Å². The van der Waals surface area contributed by atoms with Crippen molar-refractivity contribution in [1.29, 1.82) is 0 Å². The Kier molecular flexibility index (Phi) is 5.00. The molecule has 0 radical (unpaired) electrons. The van der Waals surface area contributed by atoms with Gasteiger partial charge in [-0.15, -0.1) is 0 Å². The van der Waals surface area contributed by atoms with E-state index < -0.39 is 5.97 Å². The molecule has 5 nitrogen and oxygen atoms in total. The minimum absolute atomic E-state index is 0.0193. The molecule has 0 aliphatic carbocycles. The zero-order valence-electron chi connectivity index (χ0n) is 12.1. The van der Waals surface area contributed by atoms with Crippen molar-refractivity contribution < 1.29 is 19.1 Å². The first-order chi connectivity index (χ1) is 10.1. The fraction of sp³-hybridized carbons (Fsp3) is 0.312. The number of benzene rings is 1. The Hall–Kier alpha value is -2.27. The number of nitrogens with one attached hydrogen (secondary N) is 1. The molecule has 0 amide bonds. The molecule has 0 bridgehead atoms. The Labute approximate surface area is 123 Å². The summed E-state index contributed by atoms with van der Waals surface area (Å²) < 4.78 is 10.6. The maximum atomic E-state index is 10.9. The first-order valence-corrected chi connectivity index (χ1v) is 6.79. The zero-order valence-corrected chi connectivity index (χ0v) is 12.1. The highest BCUT2D eigenvalue weighted by Gasteiger charge is 2.14. The molecule has 1 heterocycles. The van der Waals surface area contributed by atoms with E-state index in [1.165, 1.54) is 11.8 Å². The minimum Gasteiger partial charge on any atom is -0.492 e. The second-order valence-corrected chi connectivity index (χ2v) is 4.99. The highest BCUT2D eigenvalue weighted by atomic mass is 16.5. The molecule has 2 rings (SSSR count). The molecule has 2 N–H and O–H groups in total. The number of aryl methyl sites for hydroxylation is 1. The van der Waals surface area contributed by atoms with Crippen molar-refractivity contribution >= 4 is 5.97 Å². The lowest BCUT2D eigenvalue weighted by atomic mass is 10.2. The van der Waals surface area contributed by atoms with Crippen molar-refractivity contribution in [2.75, 3.05) is 6.61 Å². The third-order valence-electron chi connectivity index (χ3n) is 3.10. The molecule has 21 heavy (non-hydrogen) atoms. The summed E-state index contributed by atoms with van der Waals surface area (Å²) in [5.74, 6) is -0.252. The van der Waals surface area contributed by atoms with Crippen molar-refractivity contribution in [3.63, 3.8) is 0 Å². The molecular weight excluding hydrogens is 270 g/mol. The lowest BCUT2D eigenvalue weighted by molar-refractivity contribution is 0.0660. The molecular formula is C16H19NO4. The average molecular weight is 289 g/mol. The van der Waals surface area contributed by atoms with Crippen LogP contribution in [-0.2, 0) is 6.54 Å². The average Bonchev–Trinajstić information content (AvgIpc) is 2.93. The van der Waals surface area contributed by atoms with Gasteiger partial charge in [0.2, 0.25) is 5.76 Å². The summed E-state index contributed by atoms with van der Waals surface area (Å²) in [4.78, 5) is 10.9. The summed E-state index contributed by atoms with van der Waals surface area (Å²) in [5.41, 5.74) is 1.82. The topological polar surface area (TPSA) is 71.7 Å². The largest absolute Gasteiger partial charge is 0.492 e. The fourth-order valence-corrected chi connectivity index (χ4v) is 1.86. The van der Waals surface area contributed by atoms with Crippen LogP contribution in [0.25, 0.3) is 0 Å². The molecule has 1 atom stereocenters. The molecule has 112 valence electrons. The first-order valence-electron chi connectivity index (χ1n) is 6.79. The van der Waals surface area contributed by atoms with E-state index in [0.717, 1.165) is 5.75 Å². The van der Waals surface area contributed by atoms with E-state index in [9.17, 15) is 4.79 Å². The summed E-state index contributed by atoms with van der Waals surface area (Å²) in [6.45, 7) is 4.94. The number of furan rings is 1. The smallest absolute Gasteiger partial charge is 0.372 e. The highest BCUT2D eigenvalue weighted by Crippen LogP contribution is 2.12. The van der Waals surface area contributed by atoms with Crippen LogP contribution in [0.1, 0.15) is 28.6 Å². The van der Waals surface area contributed by atoms with Gasteiger partial charge in [0, 0.05) is 18.2 Å². The second kappa shape index (κ2) is 6.95. The molecule has 0 aliphatic heterocycles. The van der Waals surface area contributed by atoms with Gasteiger partial charge in [0.15, 0.2) is 0 Å². The molecule has 1 aromatic carbocycles. The van der Waals surface area contributed by atoms with Crippen molar-refractivity contribution in [1.82, 2.24) is 5.32 Å². The van der Waals surface area contributed by atoms with Gasteiger partial charge in [-0.3, -0.25) is 0 Å². The van der Waals surface area contributed by atoms with Gasteiger partial charge in [0.05, 0.1) is 6.26 Å². The van der Waals surface area contributed by atoms with E-state index in [4.69, 9.17) is 14.3 Å². The maximum absolute atomic E-state index is 10.9. The van der Waals surface area contributed by atoms with Gasteiger partial charge in [-0.05, 0) is 32.0 Å². The molecule has 1 aromatic heterocycles. The highest BCUT2D eigenvalue weighted by molar-refractivity contribution is 5.86. The van der Waals surface area contributed by atoms with Crippen LogP contribution in [-0.4, -0.2) is 23.7 Å². The SMILES string of the molecule is Cc1ccc(OCC(C)NCc2ccoc2C(=O)O)cc1. The molecule has 0 fully saturated rings. The summed E-state index contributed by atoms with van der Waals surface area (Å²) in [5, 5.41) is 12.2. The van der Waals surface area contributed by atoms with E-state index in [2.05, 4.69) is 5.32 Å². The predicted octanol–water partition coefficient (Wildman–Crippen LogP) is 2.84. The fourth-order valence-electron chi connectivity index (χ4n) is 1.86. The van der Waals surface area contributed by atoms with Crippen molar-refractivity contribution in [2.45, 2.75) is 26.4 Å². The molecule has 2 aromatic rings. The molecule has 5 heteroatoms. The van der Waals surface area contributed by atoms with Gasteiger partial charge in [-0.25, -0.2) is 4.79 Å². The predicted molar refractivity (Wildman–Crippen MR) is 78.6 cm³/mol. The van der Waals surface area contributed by atoms with Crippen LogP contribution in [0.4, 0.5) is 0 Å². The van der Waals surface area contributed by atoms with Crippen LogP contribution >= 0.6 is 0 Å². The summed E-state index contributed by atoms with van der Waals surface area (Å²) in [6, 6.07) is 9.60. The quantitative estimate of drug-likeness (QED) is 0.820. The third-order valence-corrected chi connectivity index (χ3v) is 3.10. The first kappa shape index (κ1) is 15.1. The molecule has 1 unspecified atom stereocenters. The van der Waals surface area contributed by atoms with Crippen molar-refractivity contribution in [2.24, 2.45) is 0 Å². The number of aromatic carboxylic acids is 1. The van der Waals surface area contributed by atoms with Crippen LogP contribution in [0.3, 0.4) is 0 Å². The Morgan fingerprint density at radius 2 is 2.05 bits per heavy atom. The number of carboxylic acid groups (broad SMARTS) is 1. The monoisotopic (exact) mass is 289 g/mol. The number of carbonyl (C=O) groups is 1. The van der Waals surface area contributed by atoms with E-state index in [1.54, 1.807) is 6.07 Å². The number of hydrogen-bond acceptors (Lipinski definition) is 4. The summed E-state index contributed by atoms with van der Waals surface area (Å²) >= 11 is 0. The number of carboxylic acids is 1. The van der Waals surface area contributed by atoms with Crippen molar-refractivity contribution in [3.05, 3.63) is 53.5 Å². The van der Waals surface area contributed by atoms with Gasteiger partial charge in [-0.2, -0.15) is 0 Å². The lowest BCUT2D eigenvalue weighted by Gasteiger charge is -2.14. The Morgan fingerprint density at radius 3 is 2.71 bits per heavy atom. The van der Waals surface area contributed by atoms with Crippen LogP contribution in [0.15, 0.2) is 41.0 Å². The number of rotatable bonds is 7. The third kappa shape index (κ3) is 4.36. The van der Waals surface area contributed by atoms with E-state index in [1.807, 2.05) is 38.1 Å². The summed E-state index contributed by atoms with van der Waals surface area (Å²) in [7, 11) is 0. The summed E-state index contributed by atoms with van der Waals surface area (Å²) in [6.07, 6.45) is 1.38. The van der Waals surface area contributed by atoms with Gasteiger partial charge in [0.1, 0.15) is 12.4 Å². The van der Waals surface area contributed by atoms with Crippen LogP contribution < -0.4 is 10.1 Å². The Balaban J connectivity index is 1.79. The Morgan fingerprint density at radius 1 is 1.33 bits per heavy atom. The van der Waals surface area contributed by atoms with Crippen molar-refractivity contribution in [3.8, 4) is 5.75 Å². The number of ether oxygens (including phenoxy) is 1. The Bertz CT molecular complexity index is 589. The van der Waals surface area contributed by atoms with Gasteiger partial charge < -0.3 is 19.6 Å². The molecule has 0 aliphatic rings. The van der Waals surface area contributed by atoms with Crippen LogP contribution in [0.5, 0.6) is 5.75 Å². The molecule has 0 saturated heterocycles. The van der Waals surface area contributed by atoms with Gasteiger partial charge in [0.25, 0.3) is 0 Å². The van der Waals surface area contributed by atoms with Crippen LogP contribution in [0, 0.1) is 6.92 Å². The minimum atomic E-state index is -1.06. The maximum Gasteiger partial charge on any atom is 0.372 e. The van der Waals surface area contributed by atoms with Gasteiger partial charge >= 0.3 is 5.97 Å². The van der Waals surface area contributed by atoms with E-state index in [-0.39, 0.29) is 11.8 Å². The standard InChI is InChI=1S/C16H19NO4/c1-11-3-5-14(6-4-11)21-10-12(2)17-9-13-7-8-20-15(13)16(18)19/h3-8,12,17H,9-10H2,1-2H3,(H,18,19). The van der Waals surface area contributed by atoms with E-state index >= 15 is 0 Å². The van der Waals surface area contributed by atoms with Crippen LogP contribution in [0.2, 0.25) is 0 Å². The lowest BCUT2D eigenvalue weighted by Crippen LogP contribution is -2.31. The zero-order chi connectivity index (χ0) is 15.2. The number of hydrogen-bond donors (Lipinski definition) is 2. The van der Waals surface area contributed by atoms with E-state index in [0.29, 0.717) is 18.7 Å². The normalized spacial score (nSPS) is 12.1. The molecule has 0 saturated carbocycles. The molecule has 0 spiro atoms. The second-order valence-electron chi connectivity index (χ2n) is 4.99.